The van der Waals surface area contributed by atoms with Crippen molar-refractivity contribution >= 4 is 5.97 Å². The molecule has 0 aliphatic carbocycles. The third-order valence-electron chi connectivity index (χ3n) is 2.19. The minimum absolute atomic E-state index is 0.0797. The summed E-state index contributed by atoms with van der Waals surface area (Å²) in [5.74, 6) is -0.696. The van der Waals surface area contributed by atoms with Crippen molar-refractivity contribution in [3.8, 4) is 5.75 Å². The van der Waals surface area contributed by atoms with Gasteiger partial charge in [0.15, 0.2) is 0 Å². The molecule has 17 heavy (non-hydrogen) atoms. The van der Waals surface area contributed by atoms with Gasteiger partial charge in [0.2, 0.25) is 6.29 Å². The summed E-state index contributed by atoms with van der Waals surface area (Å²) in [5.41, 5.74) is 0.152. The Hall–Kier alpha value is -1.69. The zero-order valence-corrected chi connectivity index (χ0v) is 8.77. The van der Waals surface area contributed by atoms with E-state index in [1.807, 2.05) is 0 Å². The first-order valence-electron chi connectivity index (χ1n) is 5.02. The maximum atomic E-state index is 12.0. The maximum Gasteiger partial charge on any atom is 0.387 e. The van der Waals surface area contributed by atoms with Crippen molar-refractivity contribution in [1.29, 1.82) is 0 Å². The van der Waals surface area contributed by atoms with E-state index in [1.165, 1.54) is 24.3 Å². The average molecular weight is 244 g/mol. The van der Waals surface area contributed by atoms with Gasteiger partial charge in [0.05, 0.1) is 12.2 Å². The molecular formula is C11H10F2O4. The van der Waals surface area contributed by atoms with Gasteiger partial charge in [-0.05, 0) is 18.2 Å². The molecule has 1 fully saturated rings. The van der Waals surface area contributed by atoms with Crippen LogP contribution in [0.5, 0.6) is 5.75 Å². The predicted molar refractivity (Wildman–Crippen MR) is 52.8 cm³/mol. The highest BCUT2D eigenvalue weighted by molar-refractivity contribution is 5.89. The molecular weight excluding hydrogens is 234 g/mol. The second kappa shape index (κ2) is 5.09. The lowest BCUT2D eigenvalue weighted by Gasteiger charge is -2.25. The van der Waals surface area contributed by atoms with E-state index in [0.29, 0.717) is 13.0 Å². The highest BCUT2D eigenvalue weighted by Gasteiger charge is 2.23. The number of hydrogen-bond donors (Lipinski definition) is 0. The maximum absolute atomic E-state index is 12.0. The van der Waals surface area contributed by atoms with Gasteiger partial charge in [-0.2, -0.15) is 8.78 Å². The number of esters is 1. The van der Waals surface area contributed by atoms with Crippen LogP contribution >= 0.6 is 0 Å². The summed E-state index contributed by atoms with van der Waals surface area (Å²) in [5, 5.41) is 0. The molecule has 1 aliphatic heterocycles. The number of halogens is 2. The zero-order valence-electron chi connectivity index (χ0n) is 8.77. The lowest BCUT2D eigenvalue weighted by atomic mass is 10.2. The van der Waals surface area contributed by atoms with E-state index in [1.54, 1.807) is 0 Å². The van der Waals surface area contributed by atoms with E-state index < -0.39 is 18.9 Å². The molecule has 1 saturated heterocycles. The number of benzene rings is 1. The molecule has 4 nitrogen and oxygen atoms in total. The summed E-state index contributed by atoms with van der Waals surface area (Å²) < 4.78 is 38.0. The van der Waals surface area contributed by atoms with E-state index in [9.17, 15) is 13.6 Å². The van der Waals surface area contributed by atoms with Crippen molar-refractivity contribution in [3.63, 3.8) is 0 Å². The molecule has 0 radical (unpaired) electrons. The third kappa shape index (κ3) is 3.13. The Morgan fingerprint density at radius 2 is 2.24 bits per heavy atom. The molecule has 0 N–H and O–H groups in total. The van der Waals surface area contributed by atoms with Crippen LogP contribution in [0.2, 0.25) is 0 Å². The highest BCUT2D eigenvalue weighted by atomic mass is 19.3. The van der Waals surface area contributed by atoms with Crippen molar-refractivity contribution in [2.45, 2.75) is 19.3 Å². The molecule has 0 amide bonds. The van der Waals surface area contributed by atoms with Gasteiger partial charge in [-0.1, -0.05) is 6.07 Å². The normalized spacial score (nSPS) is 18.6. The molecule has 0 aromatic heterocycles. The number of hydrogen-bond acceptors (Lipinski definition) is 4. The summed E-state index contributed by atoms with van der Waals surface area (Å²) in [4.78, 5) is 11.5. The van der Waals surface area contributed by atoms with E-state index >= 15 is 0 Å². The minimum atomic E-state index is -2.92. The lowest BCUT2D eigenvalue weighted by molar-refractivity contribution is -0.184. The van der Waals surface area contributed by atoms with Crippen LogP contribution in [0.25, 0.3) is 0 Å². The first kappa shape index (κ1) is 11.8. The van der Waals surface area contributed by atoms with E-state index in [4.69, 9.17) is 9.47 Å². The molecule has 0 bridgehead atoms. The summed E-state index contributed by atoms with van der Waals surface area (Å²) in [6, 6.07) is 5.44. The standard InChI is InChI=1S/C11H10F2O4/c12-11(13)16-8-3-1-2-7(6-8)10(14)17-9-4-5-15-9/h1-3,6,9,11H,4-5H2. The summed E-state index contributed by atoms with van der Waals surface area (Å²) >= 11 is 0. The molecule has 2 rings (SSSR count). The molecule has 92 valence electrons. The fourth-order valence-electron chi connectivity index (χ4n) is 1.29. The van der Waals surface area contributed by atoms with Crippen LogP contribution in [0, 0.1) is 0 Å². The van der Waals surface area contributed by atoms with Gasteiger partial charge in [-0.3, -0.25) is 0 Å². The van der Waals surface area contributed by atoms with Crippen LogP contribution in [-0.2, 0) is 9.47 Å². The molecule has 1 aromatic carbocycles. The summed E-state index contributed by atoms with van der Waals surface area (Å²) in [7, 11) is 0. The van der Waals surface area contributed by atoms with Gasteiger partial charge in [0.1, 0.15) is 5.75 Å². The Morgan fingerprint density at radius 1 is 1.47 bits per heavy atom. The van der Waals surface area contributed by atoms with Crippen molar-refractivity contribution in [3.05, 3.63) is 29.8 Å². The van der Waals surface area contributed by atoms with Gasteiger partial charge in [0.25, 0.3) is 0 Å². The Balaban J connectivity index is 2.01. The Kier molecular flexibility index (Phi) is 3.53. The van der Waals surface area contributed by atoms with Crippen LogP contribution in [0.15, 0.2) is 24.3 Å². The predicted octanol–water partition coefficient (Wildman–Crippen LogP) is 2.19. The molecule has 0 spiro atoms. The van der Waals surface area contributed by atoms with Gasteiger partial charge in [-0.15, -0.1) is 0 Å². The first-order chi connectivity index (χ1) is 8.15. The van der Waals surface area contributed by atoms with Crippen LogP contribution in [0.3, 0.4) is 0 Å². The third-order valence-corrected chi connectivity index (χ3v) is 2.19. The number of ether oxygens (including phenoxy) is 3. The largest absolute Gasteiger partial charge is 0.435 e. The average Bonchev–Trinajstić information content (AvgIpc) is 2.22. The Labute approximate surface area is 96.1 Å². The van der Waals surface area contributed by atoms with Crippen LogP contribution in [0.4, 0.5) is 8.78 Å². The topological polar surface area (TPSA) is 44.8 Å². The zero-order chi connectivity index (χ0) is 12.3. The van der Waals surface area contributed by atoms with Crippen molar-refractivity contribution in [2.75, 3.05) is 6.61 Å². The number of carbonyl (C=O) groups excluding carboxylic acids is 1. The van der Waals surface area contributed by atoms with Crippen LogP contribution in [0.1, 0.15) is 16.8 Å². The van der Waals surface area contributed by atoms with Crippen molar-refractivity contribution in [1.82, 2.24) is 0 Å². The lowest BCUT2D eigenvalue weighted by Crippen LogP contribution is -2.31. The minimum Gasteiger partial charge on any atom is -0.435 e. The van der Waals surface area contributed by atoms with Crippen LogP contribution in [-0.4, -0.2) is 25.5 Å². The number of carbonyl (C=O) groups is 1. The fourth-order valence-corrected chi connectivity index (χ4v) is 1.29. The first-order valence-corrected chi connectivity index (χ1v) is 5.02. The Morgan fingerprint density at radius 3 is 2.82 bits per heavy atom. The molecule has 1 unspecified atom stereocenters. The molecule has 6 heteroatoms. The quantitative estimate of drug-likeness (QED) is 0.761. The summed E-state index contributed by atoms with van der Waals surface area (Å²) in [6.07, 6.45) is 0.126. The van der Waals surface area contributed by atoms with Crippen LogP contribution < -0.4 is 4.74 Å². The molecule has 0 saturated carbocycles. The molecule has 1 aliphatic rings. The molecule has 1 aromatic rings. The number of rotatable bonds is 4. The van der Waals surface area contributed by atoms with Gasteiger partial charge >= 0.3 is 12.6 Å². The monoisotopic (exact) mass is 244 g/mol. The van der Waals surface area contributed by atoms with Crippen molar-refractivity contribution in [2.24, 2.45) is 0 Å². The molecule has 1 heterocycles. The SMILES string of the molecule is O=C(OC1CCO1)c1cccc(OC(F)F)c1. The van der Waals surface area contributed by atoms with Crippen molar-refractivity contribution < 1.29 is 27.8 Å². The van der Waals surface area contributed by atoms with Gasteiger partial charge < -0.3 is 14.2 Å². The highest BCUT2D eigenvalue weighted by Crippen LogP contribution is 2.19. The van der Waals surface area contributed by atoms with E-state index in [2.05, 4.69) is 4.74 Å². The fraction of sp³-hybridized carbons (Fsp3) is 0.364. The smallest absolute Gasteiger partial charge is 0.387 e. The van der Waals surface area contributed by atoms with Gasteiger partial charge in [-0.25, -0.2) is 4.79 Å². The van der Waals surface area contributed by atoms with E-state index in [0.717, 1.165) is 0 Å². The van der Waals surface area contributed by atoms with Gasteiger partial charge in [0, 0.05) is 6.42 Å². The second-order valence-corrected chi connectivity index (χ2v) is 3.40. The molecule has 1 atom stereocenters. The number of alkyl halides is 2. The summed E-state index contributed by atoms with van der Waals surface area (Å²) in [6.45, 7) is -2.36. The second-order valence-electron chi connectivity index (χ2n) is 3.40. The van der Waals surface area contributed by atoms with E-state index in [-0.39, 0.29) is 11.3 Å². The Bertz CT molecular complexity index is 404.